The van der Waals surface area contributed by atoms with Crippen molar-refractivity contribution in [2.24, 2.45) is 5.73 Å². The monoisotopic (exact) mass is 326 g/mol. The highest BCUT2D eigenvalue weighted by Crippen LogP contribution is 2.20. The second kappa shape index (κ2) is 7.31. The van der Waals surface area contributed by atoms with E-state index < -0.39 is 0 Å². The number of amides is 1. The van der Waals surface area contributed by atoms with Gasteiger partial charge in [-0.1, -0.05) is 12.1 Å². The highest BCUT2D eigenvalue weighted by Gasteiger charge is 2.23. The van der Waals surface area contributed by atoms with Crippen molar-refractivity contribution in [3.63, 3.8) is 0 Å². The lowest BCUT2D eigenvalue weighted by Gasteiger charge is -2.35. The first-order valence-corrected chi connectivity index (χ1v) is 8.04. The number of piperazine rings is 1. The molecular weight excluding hydrogens is 304 g/mol. The van der Waals surface area contributed by atoms with Crippen molar-refractivity contribution in [2.45, 2.75) is 6.54 Å². The van der Waals surface area contributed by atoms with Gasteiger partial charge in [0, 0.05) is 50.6 Å². The molecule has 0 aliphatic carbocycles. The van der Waals surface area contributed by atoms with E-state index in [4.69, 9.17) is 10.5 Å². The number of rotatable bonds is 4. The summed E-state index contributed by atoms with van der Waals surface area (Å²) in [5.74, 6) is 1.74. The molecule has 6 heteroatoms. The van der Waals surface area contributed by atoms with Gasteiger partial charge in [-0.2, -0.15) is 0 Å². The Hall–Kier alpha value is -2.60. The van der Waals surface area contributed by atoms with Gasteiger partial charge in [0.2, 0.25) is 0 Å². The van der Waals surface area contributed by atoms with Crippen LogP contribution in [0.3, 0.4) is 0 Å². The summed E-state index contributed by atoms with van der Waals surface area (Å²) in [6, 6.07) is 11.3. The number of methoxy groups -OCH3 is 1. The number of nitrogens with zero attached hydrogens (tertiary/aromatic N) is 3. The Balaban J connectivity index is 1.62. The van der Waals surface area contributed by atoms with Gasteiger partial charge in [-0.05, 0) is 23.8 Å². The number of benzene rings is 1. The van der Waals surface area contributed by atoms with Crippen molar-refractivity contribution in [3.8, 4) is 5.75 Å². The molecule has 0 bridgehead atoms. The van der Waals surface area contributed by atoms with Gasteiger partial charge < -0.3 is 20.3 Å². The predicted octanol–water partition coefficient (Wildman–Crippen LogP) is 1.51. The third-order valence-corrected chi connectivity index (χ3v) is 4.28. The van der Waals surface area contributed by atoms with Crippen LogP contribution in [-0.4, -0.2) is 49.1 Å². The largest absolute Gasteiger partial charge is 0.497 e. The smallest absolute Gasteiger partial charge is 0.253 e. The van der Waals surface area contributed by atoms with E-state index in [2.05, 4.69) is 9.88 Å². The molecule has 6 nitrogen and oxygen atoms in total. The minimum Gasteiger partial charge on any atom is -0.497 e. The van der Waals surface area contributed by atoms with Gasteiger partial charge >= 0.3 is 0 Å². The fourth-order valence-corrected chi connectivity index (χ4v) is 2.80. The molecule has 0 unspecified atom stereocenters. The maximum Gasteiger partial charge on any atom is 0.253 e. The minimum atomic E-state index is 0.0665. The van der Waals surface area contributed by atoms with Gasteiger partial charge in [0.15, 0.2) is 0 Å². The number of ether oxygens (including phenoxy) is 1. The molecule has 3 rings (SSSR count). The van der Waals surface area contributed by atoms with Crippen molar-refractivity contribution in [3.05, 3.63) is 53.7 Å². The lowest BCUT2D eigenvalue weighted by molar-refractivity contribution is 0.0746. The van der Waals surface area contributed by atoms with Crippen molar-refractivity contribution in [1.82, 2.24) is 9.88 Å². The molecule has 0 atom stereocenters. The van der Waals surface area contributed by atoms with Crippen LogP contribution in [0.5, 0.6) is 5.75 Å². The molecule has 24 heavy (non-hydrogen) atoms. The minimum absolute atomic E-state index is 0.0665. The molecular formula is C18H22N4O2. The molecule has 1 aromatic carbocycles. The van der Waals surface area contributed by atoms with Gasteiger partial charge in [-0.15, -0.1) is 0 Å². The average Bonchev–Trinajstić information content (AvgIpc) is 2.67. The number of carbonyl (C=O) groups excluding carboxylic acids is 1. The second-order valence-corrected chi connectivity index (χ2v) is 5.73. The van der Waals surface area contributed by atoms with Crippen LogP contribution >= 0.6 is 0 Å². The van der Waals surface area contributed by atoms with Gasteiger partial charge in [-0.3, -0.25) is 4.79 Å². The highest BCUT2D eigenvalue weighted by molar-refractivity contribution is 5.94. The zero-order valence-corrected chi connectivity index (χ0v) is 13.8. The predicted molar refractivity (Wildman–Crippen MR) is 93.2 cm³/mol. The third kappa shape index (κ3) is 3.49. The Morgan fingerprint density at radius 1 is 1.17 bits per heavy atom. The Morgan fingerprint density at radius 3 is 2.50 bits per heavy atom. The average molecular weight is 326 g/mol. The summed E-state index contributed by atoms with van der Waals surface area (Å²) >= 11 is 0. The van der Waals surface area contributed by atoms with Crippen molar-refractivity contribution in [1.29, 1.82) is 0 Å². The van der Waals surface area contributed by atoms with Crippen LogP contribution < -0.4 is 15.4 Å². The normalized spacial score (nSPS) is 14.6. The van der Waals surface area contributed by atoms with Crippen LogP contribution in [0.25, 0.3) is 0 Å². The SMILES string of the molecule is COc1ccnc(N2CCN(C(=O)c3ccc(CN)cc3)CC2)c1. The van der Waals surface area contributed by atoms with Crippen molar-refractivity contribution in [2.75, 3.05) is 38.2 Å². The Labute approximate surface area is 141 Å². The second-order valence-electron chi connectivity index (χ2n) is 5.73. The summed E-state index contributed by atoms with van der Waals surface area (Å²) in [5.41, 5.74) is 7.33. The number of nitrogens with two attached hydrogens (primary N) is 1. The van der Waals surface area contributed by atoms with Crippen molar-refractivity contribution >= 4 is 11.7 Å². The Morgan fingerprint density at radius 2 is 1.88 bits per heavy atom. The summed E-state index contributed by atoms with van der Waals surface area (Å²) < 4.78 is 5.24. The molecule has 0 radical (unpaired) electrons. The lowest BCUT2D eigenvalue weighted by Crippen LogP contribution is -2.49. The molecule has 0 spiro atoms. The van der Waals surface area contributed by atoms with E-state index >= 15 is 0 Å². The summed E-state index contributed by atoms with van der Waals surface area (Å²) in [6.07, 6.45) is 1.74. The van der Waals surface area contributed by atoms with Gasteiger partial charge in [0.25, 0.3) is 5.91 Å². The molecule has 126 valence electrons. The van der Waals surface area contributed by atoms with Gasteiger partial charge in [-0.25, -0.2) is 4.98 Å². The van der Waals surface area contributed by atoms with Crippen LogP contribution in [0, 0.1) is 0 Å². The van der Waals surface area contributed by atoms with E-state index in [1.807, 2.05) is 41.3 Å². The molecule has 2 aromatic rings. The number of pyridine rings is 1. The number of aromatic nitrogens is 1. The molecule has 1 aromatic heterocycles. The topological polar surface area (TPSA) is 71.7 Å². The van der Waals surface area contributed by atoms with E-state index in [1.165, 1.54) is 0 Å². The van der Waals surface area contributed by atoms with E-state index in [9.17, 15) is 4.79 Å². The van der Waals surface area contributed by atoms with E-state index in [-0.39, 0.29) is 5.91 Å². The Bertz CT molecular complexity index is 694. The number of hydrogen-bond acceptors (Lipinski definition) is 5. The molecule has 1 amide bonds. The molecule has 1 saturated heterocycles. The molecule has 1 aliphatic heterocycles. The zero-order chi connectivity index (χ0) is 16.9. The fourth-order valence-electron chi connectivity index (χ4n) is 2.80. The molecule has 1 fully saturated rings. The summed E-state index contributed by atoms with van der Waals surface area (Å²) in [5, 5.41) is 0. The van der Waals surface area contributed by atoms with Gasteiger partial charge in [0.05, 0.1) is 7.11 Å². The first kappa shape index (κ1) is 16.3. The quantitative estimate of drug-likeness (QED) is 0.922. The molecule has 2 heterocycles. The van der Waals surface area contributed by atoms with E-state index in [1.54, 1.807) is 13.3 Å². The van der Waals surface area contributed by atoms with Crippen LogP contribution in [0.1, 0.15) is 15.9 Å². The van der Waals surface area contributed by atoms with E-state index in [0.29, 0.717) is 25.2 Å². The summed E-state index contributed by atoms with van der Waals surface area (Å²) in [7, 11) is 1.64. The third-order valence-electron chi connectivity index (χ3n) is 4.28. The standard InChI is InChI=1S/C18H22N4O2/c1-24-16-6-7-20-17(12-16)21-8-10-22(11-9-21)18(23)15-4-2-14(13-19)3-5-15/h2-7,12H,8-11,13,19H2,1H3. The lowest BCUT2D eigenvalue weighted by atomic mass is 10.1. The number of hydrogen-bond donors (Lipinski definition) is 1. The zero-order valence-electron chi connectivity index (χ0n) is 13.8. The van der Waals surface area contributed by atoms with Crippen LogP contribution in [0.2, 0.25) is 0 Å². The maximum atomic E-state index is 12.6. The molecule has 1 aliphatic rings. The maximum absolute atomic E-state index is 12.6. The van der Waals surface area contributed by atoms with Crippen LogP contribution in [0.4, 0.5) is 5.82 Å². The van der Waals surface area contributed by atoms with Crippen LogP contribution in [-0.2, 0) is 6.54 Å². The van der Waals surface area contributed by atoms with Gasteiger partial charge in [0.1, 0.15) is 11.6 Å². The fraction of sp³-hybridized carbons (Fsp3) is 0.333. The first-order valence-electron chi connectivity index (χ1n) is 8.04. The molecule has 0 saturated carbocycles. The Kier molecular flexibility index (Phi) is 4.96. The highest BCUT2D eigenvalue weighted by atomic mass is 16.5. The number of anilines is 1. The van der Waals surface area contributed by atoms with Crippen molar-refractivity contribution < 1.29 is 9.53 Å². The van der Waals surface area contributed by atoms with Crippen LogP contribution in [0.15, 0.2) is 42.6 Å². The summed E-state index contributed by atoms with van der Waals surface area (Å²) in [6.45, 7) is 3.35. The molecule has 2 N–H and O–H groups in total. The van der Waals surface area contributed by atoms with E-state index in [0.717, 1.165) is 30.2 Å². The first-order chi connectivity index (χ1) is 11.7. The number of carbonyl (C=O) groups is 1. The summed E-state index contributed by atoms with van der Waals surface area (Å²) in [4.78, 5) is 21.0.